The Morgan fingerprint density at radius 1 is 1.22 bits per heavy atom. The molecular formula is C16H15FO. The summed E-state index contributed by atoms with van der Waals surface area (Å²) < 4.78 is 13.8. The predicted molar refractivity (Wildman–Crippen MR) is 72.2 cm³/mol. The minimum Gasteiger partial charge on any atom is -0.508 e. The molecule has 0 saturated heterocycles. The van der Waals surface area contributed by atoms with Gasteiger partial charge in [0.25, 0.3) is 0 Å². The highest BCUT2D eigenvalue weighted by atomic mass is 19.1. The van der Waals surface area contributed by atoms with Crippen molar-refractivity contribution in [1.29, 1.82) is 0 Å². The summed E-state index contributed by atoms with van der Waals surface area (Å²) in [6, 6.07) is 6.23. The zero-order chi connectivity index (χ0) is 13.5. The van der Waals surface area contributed by atoms with Gasteiger partial charge in [-0.05, 0) is 34.6 Å². The average Bonchev–Trinajstić information content (AvgIpc) is 2.27. The van der Waals surface area contributed by atoms with E-state index in [1.807, 2.05) is 20.8 Å². The van der Waals surface area contributed by atoms with Gasteiger partial charge in [-0.2, -0.15) is 0 Å². The van der Waals surface area contributed by atoms with Gasteiger partial charge in [0.2, 0.25) is 0 Å². The van der Waals surface area contributed by atoms with E-state index in [1.165, 1.54) is 6.07 Å². The lowest BCUT2D eigenvalue weighted by atomic mass is 9.82. The van der Waals surface area contributed by atoms with E-state index in [4.69, 9.17) is 6.42 Å². The van der Waals surface area contributed by atoms with Gasteiger partial charge in [0.15, 0.2) is 0 Å². The van der Waals surface area contributed by atoms with Crippen molar-refractivity contribution in [2.45, 2.75) is 26.2 Å². The van der Waals surface area contributed by atoms with Crippen molar-refractivity contribution in [3.05, 3.63) is 41.2 Å². The molecule has 0 unspecified atom stereocenters. The summed E-state index contributed by atoms with van der Waals surface area (Å²) in [5.41, 5.74) is 0.888. The average molecular weight is 242 g/mol. The lowest BCUT2D eigenvalue weighted by molar-refractivity contribution is 0.472. The van der Waals surface area contributed by atoms with Crippen LogP contribution in [0.25, 0.3) is 10.8 Å². The molecule has 0 heterocycles. The third-order valence-electron chi connectivity index (χ3n) is 3.00. The second-order valence-electron chi connectivity index (χ2n) is 5.41. The van der Waals surface area contributed by atoms with Crippen LogP contribution in [0.2, 0.25) is 0 Å². The van der Waals surface area contributed by atoms with Crippen LogP contribution in [-0.2, 0) is 5.41 Å². The van der Waals surface area contributed by atoms with Crippen molar-refractivity contribution in [3.63, 3.8) is 0 Å². The van der Waals surface area contributed by atoms with Crippen LogP contribution in [0.4, 0.5) is 4.39 Å². The molecule has 0 saturated carbocycles. The molecule has 2 rings (SSSR count). The van der Waals surface area contributed by atoms with Crippen molar-refractivity contribution in [2.75, 3.05) is 0 Å². The lowest BCUT2D eigenvalue weighted by Gasteiger charge is -2.22. The van der Waals surface area contributed by atoms with Gasteiger partial charge in [0.1, 0.15) is 11.6 Å². The molecule has 18 heavy (non-hydrogen) atoms. The van der Waals surface area contributed by atoms with E-state index < -0.39 is 5.82 Å². The maximum absolute atomic E-state index is 13.8. The molecule has 0 aromatic heterocycles. The van der Waals surface area contributed by atoms with Gasteiger partial charge < -0.3 is 5.11 Å². The van der Waals surface area contributed by atoms with Crippen molar-refractivity contribution in [3.8, 4) is 18.1 Å². The summed E-state index contributed by atoms with van der Waals surface area (Å²) in [5, 5.41) is 11.2. The van der Waals surface area contributed by atoms with Gasteiger partial charge in [-0.1, -0.05) is 32.8 Å². The number of halogens is 1. The zero-order valence-corrected chi connectivity index (χ0v) is 10.7. The first-order valence-corrected chi connectivity index (χ1v) is 5.77. The molecule has 0 aliphatic carbocycles. The first-order valence-electron chi connectivity index (χ1n) is 5.77. The summed E-state index contributed by atoms with van der Waals surface area (Å²) in [5.74, 6) is 2.18. The second-order valence-corrected chi connectivity index (χ2v) is 5.41. The molecular weight excluding hydrogens is 227 g/mol. The first kappa shape index (κ1) is 12.4. The van der Waals surface area contributed by atoms with E-state index in [2.05, 4.69) is 5.92 Å². The number of terminal acetylenes is 1. The van der Waals surface area contributed by atoms with Gasteiger partial charge in [-0.3, -0.25) is 0 Å². The van der Waals surface area contributed by atoms with Gasteiger partial charge in [-0.25, -0.2) is 4.39 Å². The van der Waals surface area contributed by atoms with Gasteiger partial charge in [0.05, 0.1) is 5.56 Å². The van der Waals surface area contributed by atoms with Crippen LogP contribution in [0.1, 0.15) is 31.9 Å². The molecule has 1 nitrogen and oxygen atoms in total. The summed E-state index contributed by atoms with van der Waals surface area (Å²) in [6.45, 7) is 6.02. The van der Waals surface area contributed by atoms with Crippen molar-refractivity contribution in [2.24, 2.45) is 0 Å². The number of rotatable bonds is 0. The Labute approximate surface area is 106 Å². The topological polar surface area (TPSA) is 20.2 Å². The monoisotopic (exact) mass is 242 g/mol. The van der Waals surface area contributed by atoms with Crippen LogP contribution in [0, 0.1) is 18.2 Å². The first-order chi connectivity index (χ1) is 8.34. The maximum atomic E-state index is 13.8. The Hall–Kier alpha value is -2.01. The fourth-order valence-electron chi connectivity index (χ4n) is 2.16. The van der Waals surface area contributed by atoms with E-state index >= 15 is 0 Å². The number of fused-ring (bicyclic) bond motifs is 1. The van der Waals surface area contributed by atoms with Crippen LogP contribution in [-0.4, -0.2) is 5.11 Å². The largest absolute Gasteiger partial charge is 0.508 e. The highest BCUT2D eigenvalue weighted by Gasteiger charge is 2.20. The van der Waals surface area contributed by atoms with Crippen molar-refractivity contribution < 1.29 is 9.50 Å². The number of aromatic hydroxyl groups is 1. The second kappa shape index (κ2) is 4.03. The molecule has 0 radical (unpaired) electrons. The number of phenols is 1. The van der Waals surface area contributed by atoms with Crippen molar-refractivity contribution in [1.82, 2.24) is 0 Å². The van der Waals surface area contributed by atoms with Gasteiger partial charge in [-0.15, -0.1) is 6.42 Å². The predicted octanol–water partition coefficient (Wildman–Crippen LogP) is 3.96. The van der Waals surface area contributed by atoms with Gasteiger partial charge >= 0.3 is 0 Å². The van der Waals surface area contributed by atoms with E-state index in [1.54, 1.807) is 18.2 Å². The molecule has 0 bridgehead atoms. The highest BCUT2D eigenvalue weighted by Crippen LogP contribution is 2.35. The minimum atomic E-state index is -0.402. The zero-order valence-electron chi connectivity index (χ0n) is 10.7. The number of hydrogen-bond donors (Lipinski definition) is 1. The Morgan fingerprint density at radius 2 is 1.89 bits per heavy atom. The molecule has 2 aromatic carbocycles. The van der Waals surface area contributed by atoms with Crippen LogP contribution in [0.5, 0.6) is 5.75 Å². The Kier molecular flexibility index (Phi) is 2.78. The Balaban J connectivity index is 3.02. The number of phenolic OH excluding ortho intramolecular Hbond substituents is 1. The standard InChI is InChI=1S/C16H15FO/c1-5-12-14(17)7-6-10-8-11(18)9-13(15(10)12)16(2,3)4/h1,6-9,18H,2-4H3. The summed E-state index contributed by atoms with van der Waals surface area (Å²) in [6.07, 6.45) is 5.41. The summed E-state index contributed by atoms with van der Waals surface area (Å²) in [4.78, 5) is 0. The lowest BCUT2D eigenvalue weighted by Crippen LogP contribution is -2.12. The quantitative estimate of drug-likeness (QED) is 0.693. The van der Waals surface area contributed by atoms with Crippen LogP contribution in [0.15, 0.2) is 24.3 Å². The number of hydrogen-bond acceptors (Lipinski definition) is 1. The highest BCUT2D eigenvalue weighted by molar-refractivity contribution is 5.93. The molecule has 0 atom stereocenters. The molecule has 0 aliphatic heterocycles. The maximum Gasteiger partial charge on any atom is 0.139 e. The summed E-state index contributed by atoms with van der Waals surface area (Å²) in [7, 11) is 0. The smallest absolute Gasteiger partial charge is 0.139 e. The summed E-state index contributed by atoms with van der Waals surface area (Å²) >= 11 is 0. The van der Waals surface area contributed by atoms with Gasteiger partial charge in [0, 0.05) is 5.39 Å². The third-order valence-corrected chi connectivity index (χ3v) is 3.00. The van der Waals surface area contributed by atoms with E-state index in [0.717, 1.165) is 10.9 Å². The van der Waals surface area contributed by atoms with E-state index in [0.29, 0.717) is 5.39 Å². The Bertz CT molecular complexity index is 657. The minimum absolute atomic E-state index is 0.169. The van der Waals surface area contributed by atoms with E-state index in [-0.39, 0.29) is 16.7 Å². The molecule has 0 spiro atoms. The third kappa shape index (κ3) is 1.93. The Morgan fingerprint density at radius 3 is 2.44 bits per heavy atom. The molecule has 0 aliphatic rings. The molecule has 0 amide bonds. The van der Waals surface area contributed by atoms with Crippen LogP contribution in [0.3, 0.4) is 0 Å². The van der Waals surface area contributed by atoms with Crippen molar-refractivity contribution >= 4 is 10.8 Å². The molecule has 1 N–H and O–H groups in total. The van der Waals surface area contributed by atoms with Crippen LogP contribution < -0.4 is 0 Å². The number of benzene rings is 2. The molecule has 2 aromatic rings. The molecule has 92 valence electrons. The van der Waals surface area contributed by atoms with E-state index in [9.17, 15) is 9.50 Å². The SMILES string of the molecule is C#Cc1c(F)ccc2cc(O)cc(C(C)(C)C)c12. The molecule has 0 fully saturated rings. The fraction of sp³-hybridized carbons (Fsp3) is 0.250. The fourth-order valence-corrected chi connectivity index (χ4v) is 2.16. The van der Waals surface area contributed by atoms with Crippen LogP contribution >= 0.6 is 0 Å². The normalized spacial score (nSPS) is 11.5. The molecule has 2 heteroatoms.